The van der Waals surface area contributed by atoms with Gasteiger partial charge in [0.2, 0.25) is 0 Å². The van der Waals surface area contributed by atoms with Crippen LogP contribution >= 0.6 is 0 Å². The van der Waals surface area contributed by atoms with Crippen LogP contribution in [-0.2, 0) is 26.4 Å². The maximum atomic E-state index is 12.6. The van der Waals surface area contributed by atoms with Crippen molar-refractivity contribution in [3.63, 3.8) is 0 Å². The topological polar surface area (TPSA) is 199 Å². The third-order valence-electron chi connectivity index (χ3n) is 5.63. The van der Waals surface area contributed by atoms with E-state index in [2.05, 4.69) is 16.0 Å². The van der Waals surface area contributed by atoms with E-state index in [4.69, 9.17) is 9.11 Å². The Balaban J connectivity index is 0.000000197. The van der Waals surface area contributed by atoms with Crippen molar-refractivity contribution in [3.05, 3.63) is 83.9 Å². The Labute approximate surface area is 235 Å². The second-order valence-electron chi connectivity index (χ2n) is 8.69. The van der Waals surface area contributed by atoms with Crippen LogP contribution in [0.3, 0.4) is 0 Å². The summed E-state index contributed by atoms with van der Waals surface area (Å²) in [4.78, 5) is 22.2. The summed E-state index contributed by atoms with van der Waals surface area (Å²) in [6.07, 6.45) is -4.48. The number of anilines is 3. The molecule has 6 N–H and O–H groups in total. The van der Waals surface area contributed by atoms with E-state index >= 15 is 0 Å². The lowest BCUT2D eigenvalue weighted by Crippen LogP contribution is -2.19. The Hall–Kier alpha value is -4.71. The number of carbonyl (C=O) groups excluding carboxylic acids is 2. The van der Waals surface area contributed by atoms with Gasteiger partial charge >= 0.3 is 12.2 Å². The molecule has 0 aliphatic carbocycles. The first-order valence-corrected chi connectivity index (χ1v) is 14.2. The van der Waals surface area contributed by atoms with E-state index in [1.807, 2.05) is 0 Å². The first-order chi connectivity index (χ1) is 19.4. The van der Waals surface area contributed by atoms with Gasteiger partial charge in [0.1, 0.15) is 5.75 Å². The molecule has 12 nitrogen and oxygen atoms in total. The van der Waals surface area contributed by atoms with E-state index in [0.717, 1.165) is 36.4 Å². The van der Waals surface area contributed by atoms with Crippen LogP contribution in [0.4, 0.5) is 35.0 Å². The van der Waals surface area contributed by atoms with Crippen LogP contribution in [-0.4, -0.2) is 43.0 Å². The van der Waals surface area contributed by atoms with Crippen LogP contribution in [0.2, 0.25) is 0 Å². The van der Waals surface area contributed by atoms with Crippen LogP contribution in [0, 0.1) is 0 Å². The summed E-state index contributed by atoms with van der Waals surface area (Å²) in [6.45, 7) is 0. The standard InChI is InChI=1S/C15H10F3N3O2.C10H8O7S2/c16-15(17,18)9-2-1-3-10(6-9)20-14(23)21-12-5-8-4-11(7-12)19-13(8)22;11-10-5-8(19(15,16)17)4-6-3-7(18(12,13)14)1-2-9(6)10/h1-7H,(H,19,22)(H2,20,21,23);1-5,11H,(H,12,13,14)(H,15,16,17). The van der Waals surface area contributed by atoms with Crippen LogP contribution in [0.15, 0.2) is 82.6 Å². The number of carbonyl (C=O) groups is 2. The summed E-state index contributed by atoms with van der Waals surface area (Å²) in [5.74, 6) is -0.710. The molecular formula is C25H18F3N3O9S2. The van der Waals surface area contributed by atoms with Gasteiger partial charge in [-0.1, -0.05) is 6.07 Å². The van der Waals surface area contributed by atoms with E-state index in [0.29, 0.717) is 16.9 Å². The van der Waals surface area contributed by atoms with Crippen LogP contribution in [0.1, 0.15) is 15.9 Å². The summed E-state index contributed by atoms with van der Waals surface area (Å²) in [6, 6.07) is 13.3. The van der Waals surface area contributed by atoms with Crippen LogP contribution < -0.4 is 16.0 Å². The van der Waals surface area contributed by atoms with Gasteiger partial charge < -0.3 is 21.1 Å². The number of phenolic OH excluding ortho intramolecular Hbond substituents is 1. The minimum atomic E-state index is -4.54. The van der Waals surface area contributed by atoms with Gasteiger partial charge in [0, 0.05) is 34.1 Å². The molecule has 1 aliphatic rings. The lowest BCUT2D eigenvalue weighted by molar-refractivity contribution is -0.137. The smallest absolute Gasteiger partial charge is 0.416 e. The van der Waals surface area contributed by atoms with Crippen molar-refractivity contribution in [2.45, 2.75) is 16.0 Å². The third-order valence-corrected chi connectivity index (χ3v) is 7.31. The molecule has 4 aromatic carbocycles. The molecule has 0 radical (unpaired) electrons. The lowest BCUT2D eigenvalue weighted by Gasteiger charge is -2.10. The highest BCUT2D eigenvalue weighted by molar-refractivity contribution is 7.86. The first kappa shape index (κ1) is 30.3. The fourth-order valence-corrected chi connectivity index (χ4v) is 4.84. The van der Waals surface area contributed by atoms with E-state index in [1.54, 1.807) is 12.1 Å². The maximum absolute atomic E-state index is 12.6. The molecule has 3 amide bonds. The Bertz CT molecular complexity index is 1960. The molecule has 4 aromatic rings. The average Bonchev–Trinajstić information content (AvgIpc) is 3.13. The van der Waals surface area contributed by atoms with Crippen molar-refractivity contribution in [3.8, 4) is 5.75 Å². The minimum Gasteiger partial charge on any atom is -0.507 e. The molecule has 5 rings (SSSR count). The number of halogens is 3. The highest BCUT2D eigenvalue weighted by Gasteiger charge is 2.30. The second-order valence-corrected chi connectivity index (χ2v) is 11.5. The fraction of sp³-hybridized carbons (Fsp3) is 0.0400. The predicted molar refractivity (Wildman–Crippen MR) is 144 cm³/mol. The molecule has 0 unspecified atom stereocenters. The molecule has 0 saturated carbocycles. The molecule has 2 bridgehead atoms. The van der Waals surface area contributed by atoms with Gasteiger partial charge in [-0.25, -0.2) is 4.79 Å². The predicted octanol–water partition coefficient (Wildman–Crippen LogP) is 4.95. The highest BCUT2D eigenvalue weighted by atomic mass is 32.2. The average molecular weight is 626 g/mol. The highest BCUT2D eigenvalue weighted by Crippen LogP contribution is 2.32. The molecule has 42 heavy (non-hydrogen) atoms. The lowest BCUT2D eigenvalue weighted by atomic mass is 10.1. The first-order valence-electron chi connectivity index (χ1n) is 11.3. The second kappa shape index (κ2) is 10.9. The zero-order chi connectivity index (χ0) is 31.0. The number of urea groups is 1. The largest absolute Gasteiger partial charge is 0.507 e. The number of alkyl halides is 3. The van der Waals surface area contributed by atoms with E-state index < -0.39 is 53.5 Å². The molecule has 0 fully saturated rings. The van der Waals surface area contributed by atoms with Crippen molar-refractivity contribution in [2.75, 3.05) is 16.0 Å². The summed E-state index contributed by atoms with van der Waals surface area (Å²) in [5, 5.41) is 17.2. The number of hydrogen-bond acceptors (Lipinski definition) is 7. The molecule has 0 spiro atoms. The SMILES string of the molecule is O=C(Nc1cc2cc(c1)C(=O)N2)Nc1cccc(C(F)(F)F)c1.O=S(=O)(O)c1ccc2c(O)cc(S(=O)(=O)O)cc2c1. The zero-order valence-corrected chi connectivity index (χ0v) is 22.3. The number of rotatable bonds is 4. The molecule has 220 valence electrons. The van der Waals surface area contributed by atoms with Gasteiger partial charge in [0.25, 0.3) is 26.1 Å². The Morgan fingerprint density at radius 1 is 0.786 bits per heavy atom. The van der Waals surface area contributed by atoms with Gasteiger partial charge in [-0.15, -0.1) is 0 Å². The quantitative estimate of drug-likeness (QED) is 0.170. The van der Waals surface area contributed by atoms with Gasteiger partial charge in [0.05, 0.1) is 15.4 Å². The molecule has 0 saturated heterocycles. The number of nitrogens with one attached hydrogen (secondary N) is 3. The van der Waals surface area contributed by atoms with Crippen molar-refractivity contribution in [1.82, 2.24) is 0 Å². The Morgan fingerprint density at radius 3 is 2.05 bits per heavy atom. The summed E-state index contributed by atoms with van der Waals surface area (Å²) >= 11 is 0. The molecular weight excluding hydrogens is 607 g/mol. The molecule has 0 aromatic heterocycles. The molecule has 1 aliphatic heterocycles. The van der Waals surface area contributed by atoms with Gasteiger partial charge in [-0.05, 0) is 66.0 Å². The normalized spacial score (nSPS) is 12.7. The molecule has 17 heteroatoms. The van der Waals surface area contributed by atoms with Crippen molar-refractivity contribution in [2.24, 2.45) is 0 Å². The monoisotopic (exact) mass is 625 g/mol. The van der Waals surface area contributed by atoms with Crippen molar-refractivity contribution in [1.29, 1.82) is 0 Å². The number of amides is 3. The fourth-order valence-electron chi connectivity index (χ4n) is 3.78. The number of hydrogen-bond donors (Lipinski definition) is 6. The van der Waals surface area contributed by atoms with Gasteiger partial charge in [0.15, 0.2) is 0 Å². The van der Waals surface area contributed by atoms with E-state index in [9.17, 15) is 44.7 Å². The number of fused-ring (bicyclic) bond motifs is 3. The molecule has 0 atom stereocenters. The molecule has 1 heterocycles. The van der Waals surface area contributed by atoms with Crippen molar-refractivity contribution < 1.29 is 53.8 Å². The maximum Gasteiger partial charge on any atom is 0.416 e. The minimum absolute atomic E-state index is 0.0118. The number of aromatic hydroxyl groups is 1. The number of phenols is 1. The Morgan fingerprint density at radius 2 is 1.43 bits per heavy atom. The van der Waals surface area contributed by atoms with Crippen molar-refractivity contribution >= 4 is 60.0 Å². The van der Waals surface area contributed by atoms with Gasteiger partial charge in [-0.2, -0.15) is 30.0 Å². The van der Waals surface area contributed by atoms with E-state index in [1.165, 1.54) is 24.3 Å². The van der Waals surface area contributed by atoms with Gasteiger partial charge in [-0.3, -0.25) is 13.9 Å². The summed E-state index contributed by atoms with van der Waals surface area (Å²) in [5.41, 5.74) is 0.462. The summed E-state index contributed by atoms with van der Waals surface area (Å²) < 4.78 is 99.5. The Kier molecular flexibility index (Phi) is 7.88. The van der Waals surface area contributed by atoms with Crippen LogP contribution in [0.5, 0.6) is 5.75 Å². The van der Waals surface area contributed by atoms with Crippen LogP contribution in [0.25, 0.3) is 10.8 Å². The number of benzene rings is 4. The van der Waals surface area contributed by atoms with E-state index in [-0.39, 0.29) is 22.4 Å². The third kappa shape index (κ3) is 7.13. The zero-order valence-electron chi connectivity index (χ0n) is 20.7. The summed E-state index contributed by atoms with van der Waals surface area (Å²) in [7, 11) is -8.99.